The quantitative estimate of drug-likeness (QED) is 0.523. The molecule has 1 heterocycles. The summed E-state index contributed by atoms with van der Waals surface area (Å²) < 4.78 is 5.04. The number of nitrogens with zero attached hydrogens (tertiary/aromatic N) is 1. The smallest absolute Gasteiger partial charge is 0.291 e. The number of hydrogen-bond donors (Lipinski definition) is 2. The number of carbonyl (C=O) groups excluding carboxylic acids is 3. The van der Waals surface area contributed by atoms with E-state index in [2.05, 4.69) is 10.6 Å². The lowest BCUT2D eigenvalue weighted by atomic mass is 10.1. The Morgan fingerprint density at radius 3 is 2.19 bits per heavy atom. The number of hydrogen-bond acceptors (Lipinski definition) is 4. The molecule has 0 spiro atoms. The van der Waals surface area contributed by atoms with Crippen LogP contribution in [-0.4, -0.2) is 35.7 Å². The summed E-state index contributed by atoms with van der Waals surface area (Å²) in [6.07, 6.45) is 1.41. The van der Waals surface area contributed by atoms with Crippen LogP contribution in [0.15, 0.2) is 65.3 Å². The van der Waals surface area contributed by atoms with Crippen molar-refractivity contribution >= 4 is 52.3 Å². The number of nitrogens with one attached hydrogen (secondary N) is 2. The molecule has 0 unspecified atom stereocenters. The molecule has 3 rings (SSSR count). The average Bonchev–Trinajstić information content (AvgIpc) is 3.30. The topological polar surface area (TPSA) is 91.7 Å². The van der Waals surface area contributed by atoms with Crippen LogP contribution in [0, 0.1) is 0 Å². The number of anilines is 2. The van der Waals surface area contributed by atoms with Gasteiger partial charge in [0, 0.05) is 17.8 Å². The fourth-order valence-electron chi connectivity index (χ4n) is 2.78. The van der Waals surface area contributed by atoms with Crippen LogP contribution >= 0.6 is 23.2 Å². The van der Waals surface area contributed by atoms with E-state index in [1.165, 1.54) is 11.2 Å². The number of rotatable bonds is 7. The number of carbonyl (C=O) groups is 3. The maximum atomic E-state index is 12.8. The Kier molecular flexibility index (Phi) is 7.33. The fraction of sp³-hybridized carbons (Fsp3) is 0.136. The van der Waals surface area contributed by atoms with Crippen LogP contribution in [0.3, 0.4) is 0 Å². The molecule has 0 bridgehead atoms. The third kappa shape index (κ3) is 5.65. The van der Waals surface area contributed by atoms with E-state index in [-0.39, 0.29) is 18.2 Å². The van der Waals surface area contributed by atoms with E-state index in [1.807, 2.05) is 0 Å². The second-order valence-electron chi connectivity index (χ2n) is 6.47. The van der Waals surface area contributed by atoms with Gasteiger partial charge < -0.3 is 20.0 Å². The Balaban J connectivity index is 1.63. The van der Waals surface area contributed by atoms with Crippen molar-refractivity contribution in [3.05, 3.63) is 82.2 Å². The minimum atomic E-state index is -0.424. The summed E-state index contributed by atoms with van der Waals surface area (Å²) in [6, 6.07) is 14.4. The molecular weight excluding hydrogens is 441 g/mol. The summed E-state index contributed by atoms with van der Waals surface area (Å²) in [7, 11) is 0. The third-order valence-corrected chi connectivity index (χ3v) is 5.00. The monoisotopic (exact) mass is 459 g/mol. The molecule has 0 saturated heterocycles. The van der Waals surface area contributed by atoms with Crippen molar-refractivity contribution < 1.29 is 18.8 Å². The summed E-state index contributed by atoms with van der Waals surface area (Å²) >= 11 is 12.1. The molecule has 160 valence electrons. The molecule has 31 heavy (non-hydrogen) atoms. The Morgan fingerprint density at radius 1 is 0.935 bits per heavy atom. The Bertz CT molecular complexity index is 1060. The minimum absolute atomic E-state index is 0.173. The van der Waals surface area contributed by atoms with Crippen molar-refractivity contribution in [3.63, 3.8) is 0 Å². The molecule has 3 aromatic rings. The van der Waals surface area contributed by atoms with Crippen LogP contribution < -0.4 is 10.6 Å². The predicted molar refractivity (Wildman–Crippen MR) is 120 cm³/mol. The van der Waals surface area contributed by atoms with Gasteiger partial charge in [0.1, 0.15) is 6.54 Å². The van der Waals surface area contributed by atoms with E-state index in [0.29, 0.717) is 33.5 Å². The first kappa shape index (κ1) is 22.4. The van der Waals surface area contributed by atoms with E-state index >= 15 is 0 Å². The average molecular weight is 460 g/mol. The van der Waals surface area contributed by atoms with Gasteiger partial charge in [0.2, 0.25) is 5.91 Å². The first-order valence-corrected chi connectivity index (χ1v) is 10.1. The van der Waals surface area contributed by atoms with Crippen LogP contribution in [-0.2, 0) is 4.79 Å². The first-order chi connectivity index (χ1) is 14.9. The third-order valence-electron chi connectivity index (χ3n) is 4.37. The maximum absolute atomic E-state index is 12.8. The van der Waals surface area contributed by atoms with Crippen molar-refractivity contribution in [1.29, 1.82) is 0 Å². The van der Waals surface area contributed by atoms with E-state index in [0.717, 1.165) is 0 Å². The summed E-state index contributed by atoms with van der Waals surface area (Å²) in [5.74, 6) is -0.963. The second kappa shape index (κ2) is 10.1. The second-order valence-corrected chi connectivity index (χ2v) is 7.29. The Morgan fingerprint density at radius 2 is 1.61 bits per heavy atom. The van der Waals surface area contributed by atoms with Gasteiger partial charge in [-0.2, -0.15) is 0 Å². The van der Waals surface area contributed by atoms with Gasteiger partial charge in [-0.05, 0) is 55.5 Å². The van der Waals surface area contributed by atoms with Crippen molar-refractivity contribution in [2.24, 2.45) is 0 Å². The van der Waals surface area contributed by atoms with Crippen LogP contribution in [0.1, 0.15) is 27.8 Å². The number of halogens is 2. The van der Waals surface area contributed by atoms with Gasteiger partial charge in [-0.3, -0.25) is 14.4 Å². The van der Waals surface area contributed by atoms with E-state index < -0.39 is 11.8 Å². The molecule has 9 heteroatoms. The lowest BCUT2D eigenvalue weighted by Crippen LogP contribution is -2.37. The normalized spacial score (nSPS) is 10.4. The molecule has 0 fully saturated rings. The van der Waals surface area contributed by atoms with Gasteiger partial charge in [0.25, 0.3) is 11.8 Å². The zero-order valence-corrected chi connectivity index (χ0v) is 18.0. The molecule has 3 amide bonds. The molecule has 0 radical (unpaired) electrons. The highest BCUT2D eigenvalue weighted by atomic mass is 35.5. The number of likely N-dealkylation sites (N-methyl/N-ethyl adjacent to an activating group) is 1. The van der Waals surface area contributed by atoms with E-state index in [4.69, 9.17) is 27.6 Å². The highest BCUT2D eigenvalue weighted by Gasteiger charge is 2.19. The SMILES string of the molecule is CCN(CC(=O)Nc1c(Cl)cccc1Cl)C(=O)c1ccc(NC(=O)c2ccco2)cc1. The van der Waals surface area contributed by atoms with Crippen LogP contribution in [0.4, 0.5) is 11.4 Å². The number of para-hydroxylation sites is 1. The zero-order valence-electron chi connectivity index (χ0n) is 16.5. The van der Waals surface area contributed by atoms with Crippen LogP contribution in [0.5, 0.6) is 0 Å². The summed E-state index contributed by atoms with van der Waals surface area (Å²) in [6.45, 7) is 1.92. The van der Waals surface area contributed by atoms with Crippen molar-refractivity contribution in [2.45, 2.75) is 6.92 Å². The van der Waals surface area contributed by atoms with Crippen molar-refractivity contribution in [1.82, 2.24) is 4.90 Å². The Hall–Kier alpha value is -3.29. The summed E-state index contributed by atoms with van der Waals surface area (Å²) in [5.41, 5.74) is 1.18. The number of furan rings is 1. The van der Waals surface area contributed by atoms with Crippen molar-refractivity contribution in [3.8, 4) is 0 Å². The fourth-order valence-corrected chi connectivity index (χ4v) is 3.27. The van der Waals surface area contributed by atoms with Crippen molar-refractivity contribution in [2.75, 3.05) is 23.7 Å². The number of amides is 3. The molecule has 2 N–H and O–H groups in total. The van der Waals surface area contributed by atoms with Crippen LogP contribution in [0.25, 0.3) is 0 Å². The van der Waals surface area contributed by atoms with E-state index in [9.17, 15) is 14.4 Å². The van der Waals surface area contributed by atoms with Gasteiger partial charge in [-0.25, -0.2) is 0 Å². The zero-order chi connectivity index (χ0) is 22.4. The molecular formula is C22H19Cl2N3O4. The highest BCUT2D eigenvalue weighted by molar-refractivity contribution is 6.39. The molecule has 0 aliphatic heterocycles. The largest absolute Gasteiger partial charge is 0.459 e. The predicted octanol–water partition coefficient (Wildman–Crippen LogP) is 4.94. The minimum Gasteiger partial charge on any atom is -0.459 e. The van der Waals surface area contributed by atoms with Gasteiger partial charge >= 0.3 is 0 Å². The number of benzene rings is 2. The lowest BCUT2D eigenvalue weighted by molar-refractivity contribution is -0.116. The Labute approximate surface area is 188 Å². The van der Waals surface area contributed by atoms with Gasteiger partial charge in [-0.1, -0.05) is 29.3 Å². The highest BCUT2D eigenvalue weighted by Crippen LogP contribution is 2.29. The molecule has 2 aromatic carbocycles. The van der Waals surface area contributed by atoms with Gasteiger partial charge in [-0.15, -0.1) is 0 Å². The van der Waals surface area contributed by atoms with E-state index in [1.54, 1.807) is 61.5 Å². The summed E-state index contributed by atoms with van der Waals surface area (Å²) in [4.78, 5) is 38.7. The molecule has 0 atom stereocenters. The lowest BCUT2D eigenvalue weighted by Gasteiger charge is -2.21. The molecule has 1 aromatic heterocycles. The van der Waals surface area contributed by atoms with Gasteiger partial charge in [0.15, 0.2) is 5.76 Å². The summed E-state index contributed by atoms with van der Waals surface area (Å²) in [5, 5.41) is 5.93. The standard InChI is InChI=1S/C22H19Cl2N3O4/c1-2-27(13-19(28)26-20-16(23)5-3-6-17(20)24)22(30)14-8-10-15(11-9-14)25-21(29)18-7-4-12-31-18/h3-12H,2,13H2,1H3,(H,25,29)(H,26,28). The maximum Gasteiger partial charge on any atom is 0.291 e. The molecule has 0 aliphatic carbocycles. The van der Waals surface area contributed by atoms with Crippen LogP contribution in [0.2, 0.25) is 10.0 Å². The first-order valence-electron chi connectivity index (χ1n) is 9.37. The molecule has 7 nitrogen and oxygen atoms in total. The van der Waals surface area contributed by atoms with Gasteiger partial charge in [0.05, 0.1) is 22.0 Å². The molecule has 0 aliphatic rings. The molecule has 0 saturated carbocycles.